The Morgan fingerprint density at radius 2 is 1.12 bits per heavy atom. The highest BCUT2D eigenvalue weighted by molar-refractivity contribution is 6.38. The highest BCUT2D eigenvalue weighted by atomic mass is 35.5. The molecule has 0 amide bonds. The normalized spacial score (nSPS) is 12.1. The minimum absolute atomic E-state index is 0.654. The zero-order valence-electron chi connectivity index (χ0n) is 8.22. The lowest BCUT2D eigenvalue weighted by Gasteiger charge is -2.24. The molecule has 0 fully saturated rings. The second-order valence-corrected chi connectivity index (χ2v) is 4.39. The molecule has 0 aliphatic carbocycles. The summed E-state index contributed by atoms with van der Waals surface area (Å²) in [6.45, 7) is 0. The van der Waals surface area contributed by atoms with Gasteiger partial charge in [-0.15, -0.1) is 0 Å². The molecule has 2 aromatic rings. The fraction of sp³-hybridized carbons (Fsp3) is 0. The first-order valence-corrected chi connectivity index (χ1v) is 5.62. The lowest BCUT2D eigenvalue weighted by molar-refractivity contribution is 1.45. The van der Waals surface area contributed by atoms with Crippen LogP contribution in [0.1, 0.15) is 0 Å². The van der Waals surface area contributed by atoms with Crippen LogP contribution < -0.4 is 10.6 Å². The first-order chi connectivity index (χ1) is 7.75. The number of para-hydroxylation sites is 2. The smallest absolute Gasteiger partial charge is 0.0828 e. The molecule has 0 saturated heterocycles. The number of hydrogen-bond acceptors (Lipinski definition) is 2. The minimum Gasteiger partial charge on any atom is -0.351 e. The van der Waals surface area contributed by atoms with Crippen molar-refractivity contribution in [3.8, 4) is 0 Å². The molecular formula is C12H8Cl2N2. The lowest BCUT2D eigenvalue weighted by atomic mass is 10.1. The van der Waals surface area contributed by atoms with E-state index in [-0.39, 0.29) is 0 Å². The molecule has 16 heavy (non-hydrogen) atoms. The van der Waals surface area contributed by atoms with E-state index in [2.05, 4.69) is 10.6 Å². The highest BCUT2D eigenvalue weighted by Crippen LogP contribution is 2.45. The fourth-order valence-corrected chi connectivity index (χ4v) is 2.18. The fourth-order valence-electron chi connectivity index (χ4n) is 1.77. The largest absolute Gasteiger partial charge is 0.351 e. The van der Waals surface area contributed by atoms with Crippen molar-refractivity contribution in [3.63, 3.8) is 0 Å². The van der Waals surface area contributed by atoms with Crippen molar-refractivity contribution in [1.82, 2.24) is 0 Å². The van der Waals surface area contributed by atoms with Gasteiger partial charge in [-0.2, -0.15) is 0 Å². The predicted molar refractivity (Wildman–Crippen MR) is 69.5 cm³/mol. The van der Waals surface area contributed by atoms with E-state index in [1.54, 1.807) is 12.1 Å². The molecule has 2 N–H and O–H groups in total. The van der Waals surface area contributed by atoms with Gasteiger partial charge in [-0.3, -0.25) is 0 Å². The van der Waals surface area contributed by atoms with Gasteiger partial charge in [0.1, 0.15) is 0 Å². The standard InChI is InChI=1S/C12H8Cl2N2/c13-7-5-6-8(14)12-11(7)15-9-3-1-2-4-10(9)16-12/h1-6,15-16H. The summed E-state index contributed by atoms with van der Waals surface area (Å²) in [5.41, 5.74) is 3.65. The Hall–Kier alpha value is -1.38. The van der Waals surface area contributed by atoms with Crippen molar-refractivity contribution >= 4 is 46.0 Å². The molecule has 0 unspecified atom stereocenters. The zero-order valence-corrected chi connectivity index (χ0v) is 9.73. The van der Waals surface area contributed by atoms with E-state index in [9.17, 15) is 0 Å². The van der Waals surface area contributed by atoms with Crippen molar-refractivity contribution < 1.29 is 0 Å². The van der Waals surface area contributed by atoms with Gasteiger partial charge in [0.25, 0.3) is 0 Å². The Morgan fingerprint density at radius 1 is 0.688 bits per heavy atom. The van der Waals surface area contributed by atoms with Gasteiger partial charge in [-0.05, 0) is 24.3 Å². The van der Waals surface area contributed by atoms with Gasteiger partial charge in [0.05, 0.1) is 32.8 Å². The van der Waals surface area contributed by atoms with E-state index in [0.717, 1.165) is 22.7 Å². The van der Waals surface area contributed by atoms with E-state index >= 15 is 0 Å². The summed E-state index contributed by atoms with van der Waals surface area (Å²) in [6, 6.07) is 11.5. The number of fused-ring (bicyclic) bond motifs is 2. The van der Waals surface area contributed by atoms with Gasteiger partial charge >= 0.3 is 0 Å². The van der Waals surface area contributed by atoms with E-state index in [4.69, 9.17) is 23.2 Å². The maximum absolute atomic E-state index is 6.12. The molecule has 0 radical (unpaired) electrons. The molecule has 2 aromatic carbocycles. The topological polar surface area (TPSA) is 24.1 Å². The van der Waals surface area contributed by atoms with Gasteiger partial charge in [-0.25, -0.2) is 0 Å². The van der Waals surface area contributed by atoms with Gasteiger partial charge in [0, 0.05) is 0 Å². The van der Waals surface area contributed by atoms with Crippen LogP contribution >= 0.6 is 23.2 Å². The molecule has 0 aromatic heterocycles. The number of hydrogen-bond donors (Lipinski definition) is 2. The first-order valence-electron chi connectivity index (χ1n) is 4.87. The van der Waals surface area contributed by atoms with Gasteiger partial charge in [-0.1, -0.05) is 35.3 Å². The van der Waals surface area contributed by atoms with Gasteiger partial charge in [0.15, 0.2) is 0 Å². The molecule has 0 spiro atoms. The maximum Gasteiger partial charge on any atom is 0.0828 e. The third kappa shape index (κ3) is 1.42. The molecule has 3 rings (SSSR count). The molecule has 0 bridgehead atoms. The second kappa shape index (κ2) is 3.58. The summed E-state index contributed by atoms with van der Waals surface area (Å²) in [6.07, 6.45) is 0. The maximum atomic E-state index is 6.12. The highest BCUT2D eigenvalue weighted by Gasteiger charge is 2.18. The van der Waals surface area contributed by atoms with Crippen LogP contribution in [0.3, 0.4) is 0 Å². The summed E-state index contributed by atoms with van der Waals surface area (Å²) >= 11 is 12.2. The Bertz CT molecular complexity index is 517. The number of rotatable bonds is 0. The molecule has 2 nitrogen and oxygen atoms in total. The van der Waals surface area contributed by atoms with Crippen LogP contribution in [0.25, 0.3) is 0 Å². The van der Waals surface area contributed by atoms with Gasteiger partial charge < -0.3 is 10.6 Å². The van der Waals surface area contributed by atoms with Crippen LogP contribution in [0, 0.1) is 0 Å². The Labute approximate surface area is 103 Å². The van der Waals surface area contributed by atoms with E-state index in [1.165, 1.54) is 0 Å². The first kappa shape index (κ1) is 9.82. The number of halogens is 2. The molecule has 0 saturated carbocycles. The zero-order chi connectivity index (χ0) is 11.1. The van der Waals surface area contributed by atoms with Crippen LogP contribution in [-0.2, 0) is 0 Å². The van der Waals surface area contributed by atoms with Crippen molar-refractivity contribution in [2.75, 3.05) is 10.6 Å². The van der Waals surface area contributed by atoms with Crippen molar-refractivity contribution in [2.45, 2.75) is 0 Å². The van der Waals surface area contributed by atoms with Crippen LogP contribution in [0.4, 0.5) is 22.7 Å². The molecule has 1 aliphatic rings. The van der Waals surface area contributed by atoms with Crippen molar-refractivity contribution in [2.24, 2.45) is 0 Å². The predicted octanol–water partition coefficient (Wildman–Crippen LogP) is 4.79. The second-order valence-electron chi connectivity index (χ2n) is 3.57. The van der Waals surface area contributed by atoms with Crippen LogP contribution in [0.2, 0.25) is 10.0 Å². The third-order valence-electron chi connectivity index (χ3n) is 2.55. The summed E-state index contributed by atoms with van der Waals surface area (Å²) in [5, 5.41) is 7.85. The number of benzene rings is 2. The Balaban J connectivity index is 2.19. The average molecular weight is 251 g/mol. The van der Waals surface area contributed by atoms with Gasteiger partial charge in [0.2, 0.25) is 0 Å². The van der Waals surface area contributed by atoms with Crippen LogP contribution in [-0.4, -0.2) is 0 Å². The Kier molecular flexibility index (Phi) is 2.20. The summed E-state index contributed by atoms with van der Waals surface area (Å²) in [4.78, 5) is 0. The summed E-state index contributed by atoms with van der Waals surface area (Å²) in [7, 11) is 0. The summed E-state index contributed by atoms with van der Waals surface area (Å²) < 4.78 is 0. The van der Waals surface area contributed by atoms with E-state index in [1.807, 2.05) is 24.3 Å². The molecule has 0 atom stereocenters. The molecule has 1 heterocycles. The van der Waals surface area contributed by atoms with Crippen LogP contribution in [0.15, 0.2) is 36.4 Å². The molecule has 1 aliphatic heterocycles. The van der Waals surface area contributed by atoms with Crippen molar-refractivity contribution in [1.29, 1.82) is 0 Å². The quantitative estimate of drug-likeness (QED) is 0.600. The minimum atomic E-state index is 0.654. The number of nitrogens with one attached hydrogen (secondary N) is 2. The third-order valence-corrected chi connectivity index (χ3v) is 3.18. The molecular weight excluding hydrogens is 243 g/mol. The lowest BCUT2D eigenvalue weighted by Crippen LogP contribution is -2.06. The Morgan fingerprint density at radius 3 is 1.56 bits per heavy atom. The van der Waals surface area contributed by atoms with E-state index < -0.39 is 0 Å². The SMILES string of the molecule is Clc1ccc(Cl)c2c1Nc1ccccc1N2. The van der Waals surface area contributed by atoms with Crippen LogP contribution in [0.5, 0.6) is 0 Å². The molecule has 4 heteroatoms. The monoisotopic (exact) mass is 250 g/mol. The molecule has 80 valence electrons. The number of anilines is 4. The van der Waals surface area contributed by atoms with E-state index in [0.29, 0.717) is 10.0 Å². The van der Waals surface area contributed by atoms with Crippen molar-refractivity contribution in [3.05, 3.63) is 46.4 Å². The summed E-state index contributed by atoms with van der Waals surface area (Å²) in [5.74, 6) is 0. The average Bonchev–Trinajstić information content (AvgIpc) is 2.32.